The summed E-state index contributed by atoms with van der Waals surface area (Å²) < 4.78 is 5.81. The number of aliphatic hydroxyl groups excluding tert-OH is 3. The molecular formula is C12H13N3O8. The average molecular weight is 327 g/mol. The van der Waals surface area contributed by atoms with E-state index in [1.807, 2.05) is 4.98 Å². The van der Waals surface area contributed by atoms with Gasteiger partial charge in [-0.25, -0.2) is 4.79 Å². The van der Waals surface area contributed by atoms with Crippen LogP contribution in [0.1, 0.15) is 6.23 Å². The number of ether oxygens (including phenoxy) is 1. The molecule has 124 valence electrons. The monoisotopic (exact) mass is 327 g/mol. The maximum atomic E-state index is 11.8. The van der Waals surface area contributed by atoms with Crippen molar-refractivity contribution >= 4 is 5.97 Å². The smallest absolute Gasteiger partial charge is 0.330 e. The highest BCUT2D eigenvalue weighted by molar-refractivity contribution is 5.80. The third-order valence-electron chi connectivity index (χ3n) is 3.71. The number of nitriles is 1. The van der Waals surface area contributed by atoms with Crippen LogP contribution in [-0.4, -0.2) is 60.9 Å². The number of hydrogen-bond donors (Lipinski definition) is 5. The molecule has 2 heterocycles. The zero-order chi connectivity index (χ0) is 17.4. The van der Waals surface area contributed by atoms with Crippen LogP contribution in [0.25, 0.3) is 0 Å². The summed E-state index contributed by atoms with van der Waals surface area (Å²) in [5.74, 6) is -1.84. The van der Waals surface area contributed by atoms with Crippen LogP contribution < -0.4 is 11.2 Å². The van der Waals surface area contributed by atoms with Gasteiger partial charge in [-0.3, -0.25) is 19.1 Å². The Balaban J connectivity index is 2.61. The molecule has 1 aliphatic heterocycles. The van der Waals surface area contributed by atoms with Crippen LogP contribution in [-0.2, 0) is 9.53 Å². The van der Waals surface area contributed by atoms with E-state index in [4.69, 9.17) is 4.74 Å². The quantitative estimate of drug-likeness (QED) is 0.380. The van der Waals surface area contributed by atoms with Gasteiger partial charge in [0, 0.05) is 12.3 Å². The Morgan fingerprint density at radius 1 is 1.43 bits per heavy atom. The summed E-state index contributed by atoms with van der Waals surface area (Å²) in [5, 5.41) is 48.0. The molecule has 11 nitrogen and oxygen atoms in total. The van der Waals surface area contributed by atoms with E-state index in [9.17, 15) is 40.1 Å². The number of carboxylic acid groups (broad SMARTS) is 1. The first-order valence-electron chi connectivity index (χ1n) is 6.38. The highest BCUT2D eigenvalue weighted by Gasteiger charge is 2.62. The highest BCUT2D eigenvalue weighted by atomic mass is 16.6. The van der Waals surface area contributed by atoms with Crippen LogP contribution in [0.4, 0.5) is 0 Å². The van der Waals surface area contributed by atoms with Crippen LogP contribution in [0.3, 0.4) is 0 Å². The average Bonchev–Trinajstić information content (AvgIpc) is 2.49. The van der Waals surface area contributed by atoms with E-state index in [-0.39, 0.29) is 0 Å². The van der Waals surface area contributed by atoms with Crippen molar-refractivity contribution in [2.24, 2.45) is 5.41 Å². The summed E-state index contributed by atoms with van der Waals surface area (Å²) in [6.07, 6.45) is -6.51. The first kappa shape index (κ1) is 16.8. The second-order valence-corrected chi connectivity index (χ2v) is 4.94. The van der Waals surface area contributed by atoms with Gasteiger partial charge in [-0.15, -0.1) is 0 Å². The van der Waals surface area contributed by atoms with Gasteiger partial charge in [0.2, 0.25) is 5.41 Å². The van der Waals surface area contributed by atoms with Gasteiger partial charge in [-0.1, -0.05) is 0 Å². The van der Waals surface area contributed by atoms with E-state index >= 15 is 0 Å². The molecule has 5 atom stereocenters. The predicted molar refractivity (Wildman–Crippen MR) is 70.0 cm³/mol. The fraction of sp³-hybridized carbons (Fsp3) is 0.500. The number of rotatable bonds is 3. The number of aliphatic hydroxyl groups is 3. The predicted octanol–water partition coefficient (Wildman–Crippen LogP) is -3.26. The van der Waals surface area contributed by atoms with Gasteiger partial charge in [-0.2, -0.15) is 5.26 Å². The number of hydrogen-bond acceptors (Lipinski definition) is 8. The van der Waals surface area contributed by atoms with Crippen molar-refractivity contribution in [3.8, 4) is 6.07 Å². The molecule has 1 aliphatic rings. The highest BCUT2D eigenvalue weighted by Crippen LogP contribution is 2.40. The zero-order valence-corrected chi connectivity index (χ0v) is 11.5. The summed E-state index contributed by atoms with van der Waals surface area (Å²) in [5.41, 5.74) is -4.49. The van der Waals surface area contributed by atoms with E-state index < -0.39 is 53.8 Å². The van der Waals surface area contributed by atoms with Crippen molar-refractivity contribution in [3.05, 3.63) is 33.1 Å². The Kier molecular flexibility index (Phi) is 4.35. The van der Waals surface area contributed by atoms with Gasteiger partial charge < -0.3 is 25.2 Å². The van der Waals surface area contributed by atoms with Gasteiger partial charge in [0.15, 0.2) is 6.23 Å². The second kappa shape index (κ2) is 5.94. The number of aromatic amines is 1. The van der Waals surface area contributed by atoms with E-state index in [1.165, 1.54) is 6.07 Å². The molecule has 0 radical (unpaired) electrons. The first-order chi connectivity index (χ1) is 10.8. The molecule has 1 saturated heterocycles. The second-order valence-electron chi connectivity index (χ2n) is 4.94. The van der Waals surface area contributed by atoms with E-state index in [0.717, 1.165) is 12.3 Å². The minimum Gasteiger partial charge on any atom is -0.480 e. The summed E-state index contributed by atoms with van der Waals surface area (Å²) >= 11 is 0. The molecule has 1 aromatic rings. The largest absolute Gasteiger partial charge is 0.480 e. The minimum atomic E-state index is -2.73. The SMILES string of the molecule is N#C[C@@]1(C(=O)O)[C@H](O)[C@@H](CO)O[C@@H](n2ccc(=O)[nH]c2=O)[C@@H]1O. The van der Waals surface area contributed by atoms with Gasteiger partial charge >= 0.3 is 11.7 Å². The van der Waals surface area contributed by atoms with Crippen molar-refractivity contribution in [1.82, 2.24) is 9.55 Å². The van der Waals surface area contributed by atoms with Crippen LogP contribution in [0.5, 0.6) is 0 Å². The number of aliphatic carboxylic acids is 1. The molecule has 0 aliphatic carbocycles. The molecule has 0 spiro atoms. The normalized spacial score (nSPS) is 33.8. The zero-order valence-electron chi connectivity index (χ0n) is 11.5. The molecule has 0 amide bonds. The lowest BCUT2D eigenvalue weighted by atomic mass is 9.73. The van der Waals surface area contributed by atoms with Crippen molar-refractivity contribution in [2.45, 2.75) is 24.5 Å². The van der Waals surface area contributed by atoms with Crippen molar-refractivity contribution in [1.29, 1.82) is 5.26 Å². The van der Waals surface area contributed by atoms with Crippen LogP contribution in [0.15, 0.2) is 21.9 Å². The summed E-state index contributed by atoms with van der Waals surface area (Å²) in [4.78, 5) is 36.2. The molecule has 2 rings (SSSR count). The Bertz CT molecular complexity index is 765. The Morgan fingerprint density at radius 2 is 2.09 bits per heavy atom. The van der Waals surface area contributed by atoms with Crippen LogP contribution in [0, 0.1) is 16.7 Å². The number of nitrogens with zero attached hydrogens (tertiary/aromatic N) is 2. The molecule has 0 saturated carbocycles. The lowest BCUT2D eigenvalue weighted by Gasteiger charge is -2.45. The third kappa shape index (κ3) is 2.43. The van der Waals surface area contributed by atoms with Crippen LogP contribution in [0.2, 0.25) is 0 Å². The lowest BCUT2D eigenvalue weighted by molar-refractivity contribution is -0.255. The van der Waals surface area contributed by atoms with Gasteiger partial charge in [0.25, 0.3) is 5.56 Å². The molecule has 1 aromatic heterocycles. The Hall–Kier alpha value is -2.52. The number of aromatic nitrogens is 2. The number of carbonyl (C=O) groups is 1. The third-order valence-corrected chi connectivity index (χ3v) is 3.71. The van der Waals surface area contributed by atoms with E-state index in [2.05, 4.69) is 0 Å². The van der Waals surface area contributed by atoms with Crippen molar-refractivity contribution in [2.75, 3.05) is 6.61 Å². The Labute approximate surface area is 127 Å². The molecule has 1 fully saturated rings. The van der Waals surface area contributed by atoms with Crippen molar-refractivity contribution in [3.63, 3.8) is 0 Å². The molecule has 11 heteroatoms. The summed E-state index contributed by atoms with van der Waals surface area (Å²) in [7, 11) is 0. The first-order valence-corrected chi connectivity index (χ1v) is 6.38. The molecule has 0 bridgehead atoms. The van der Waals surface area contributed by atoms with Gasteiger partial charge in [0.05, 0.1) is 12.7 Å². The maximum Gasteiger partial charge on any atom is 0.330 e. The number of H-pyrrole nitrogens is 1. The minimum absolute atomic E-state index is 0.662. The van der Waals surface area contributed by atoms with Crippen molar-refractivity contribution < 1.29 is 30.0 Å². The fourth-order valence-corrected chi connectivity index (χ4v) is 2.44. The van der Waals surface area contributed by atoms with E-state index in [0.29, 0.717) is 4.57 Å². The van der Waals surface area contributed by atoms with Gasteiger partial charge in [0.1, 0.15) is 18.3 Å². The molecule has 0 unspecified atom stereocenters. The summed E-state index contributed by atoms with van der Waals surface area (Å²) in [6, 6.07) is 2.26. The standard InChI is InChI=1S/C12H13N3O8/c13-4-12(10(20)21)7(18)5(3-16)23-9(8(12)19)15-2-1-6(17)14-11(15)22/h1-2,5,7-9,16,18-19H,3H2,(H,20,21)(H,14,17,22)/t5-,7-,8+,9-,12-/m1/s1. The molecule has 5 N–H and O–H groups in total. The topological polar surface area (TPSA) is 186 Å². The molecule has 23 heavy (non-hydrogen) atoms. The number of carboxylic acids is 1. The lowest BCUT2D eigenvalue weighted by Crippen LogP contribution is -2.64. The fourth-order valence-electron chi connectivity index (χ4n) is 2.44. The Morgan fingerprint density at radius 3 is 2.57 bits per heavy atom. The number of nitrogens with one attached hydrogen (secondary N) is 1. The van der Waals surface area contributed by atoms with Gasteiger partial charge in [-0.05, 0) is 0 Å². The molecule has 0 aromatic carbocycles. The molecular weight excluding hydrogens is 314 g/mol. The maximum absolute atomic E-state index is 11.8. The van der Waals surface area contributed by atoms with E-state index in [1.54, 1.807) is 0 Å². The van der Waals surface area contributed by atoms with Crippen LogP contribution >= 0.6 is 0 Å². The summed E-state index contributed by atoms with van der Waals surface area (Å²) in [6.45, 7) is -0.862.